The van der Waals surface area contributed by atoms with Gasteiger partial charge in [0, 0.05) is 10.4 Å². The minimum Gasteiger partial charge on any atom is -0.482 e. The number of azo groups is 1. The molecule has 0 spiro atoms. The van der Waals surface area contributed by atoms with Gasteiger partial charge in [-0.15, -0.1) is 10.2 Å². The maximum atomic E-state index is 11.2. The molecule has 3 N–H and O–H groups in total. The van der Waals surface area contributed by atoms with E-state index >= 15 is 0 Å². The molecule has 0 radical (unpaired) electrons. The molecule has 33 heavy (non-hydrogen) atoms. The van der Waals surface area contributed by atoms with Gasteiger partial charge in [-0.25, -0.2) is 9.78 Å². The number of hydrogen-bond donors (Lipinski definition) is 3. The highest BCUT2D eigenvalue weighted by molar-refractivity contribution is 7.85. The van der Waals surface area contributed by atoms with Crippen molar-refractivity contribution in [1.29, 1.82) is 0 Å². The first-order valence-corrected chi connectivity index (χ1v) is 11.6. The minimum atomic E-state index is -4.31. The van der Waals surface area contributed by atoms with Crippen LogP contribution in [0.3, 0.4) is 0 Å². The average molecular weight is 490 g/mol. The Balaban J connectivity index is 1.91. The summed E-state index contributed by atoms with van der Waals surface area (Å²) in [6.45, 7) is 3.27. The van der Waals surface area contributed by atoms with Crippen LogP contribution in [0.5, 0.6) is 5.75 Å². The summed E-state index contributed by atoms with van der Waals surface area (Å²) in [7, 11) is -4.31. The second-order valence-electron chi connectivity index (χ2n) is 6.59. The topological polar surface area (TPSA) is 163 Å². The van der Waals surface area contributed by atoms with Crippen molar-refractivity contribution in [3.8, 4) is 5.75 Å². The van der Waals surface area contributed by atoms with Gasteiger partial charge in [0.25, 0.3) is 10.1 Å². The van der Waals surface area contributed by atoms with Gasteiger partial charge in [-0.3, -0.25) is 9.98 Å². The Kier molecular flexibility index (Phi) is 7.48. The molecule has 172 valence electrons. The van der Waals surface area contributed by atoms with Crippen LogP contribution >= 0.6 is 11.3 Å². The van der Waals surface area contributed by atoms with E-state index in [1.165, 1.54) is 35.6 Å². The first-order valence-electron chi connectivity index (χ1n) is 9.34. The number of aryl methyl sites for hydroxylation is 2. The highest BCUT2D eigenvalue weighted by atomic mass is 32.2. The molecule has 11 nitrogen and oxygen atoms in total. The van der Waals surface area contributed by atoms with E-state index in [9.17, 15) is 13.2 Å². The monoisotopic (exact) mass is 489 g/mol. The lowest BCUT2D eigenvalue weighted by Gasteiger charge is -2.07. The molecule has 2 aromatic carbocycles. The Bertz CT molecular complexity index is 1300. The van der Waals surface area contributed by atoms with E-state index in [2.05, 4.69) is 25.7 Å². The number of thiazole rings is 1. The van der Waals surface area contributed by atoms with E-state index in [0.717, 1.165) is 10.6 Å². The van der Waals surface area contributed by atoms with Crippen LogP contribution in [-0.4, -0.2) is 41.5 Å². The Morgan fingerprint density at radius 2 is 1.91 bits per heavy atom. The van der Waals surface area contributed by atoms with Crippen molar-refractivity contribution in [1.82, 2.24) is 4.98 Å². The molecule has 0 bridgehead atoms. The van der Waals surface area contributed by atoms with Crippen LogP contribution in [0.1, 0.15) is 16.1 Å². The largest absolute Gasteiger partial charge is 0.482 e. The number of rotatable bonds is 8. The normalized spacial score (nSPS) is 12.2. The van der Waals surface area contributed by atoms with E-state index in [1.807, 2.05) is 13.8 Å². The van der Waals surface area contributed by atoms with Gasteiger partial charge >= 0.3 is 5.97 Å². The molecule has 0 aliphatic carbocycles. The Morgan fingerprint density at radius 3 is 2.52 bits per heavy atom. The third kappa shape index (κ3) is 6.90. The van der Waals surface area contributed by atoms with Crippen molar-refractivity contribution in [2.45, 2.75) is 18.7 Å². The molecule has 0 aliphatic heterocycles. The molecule has 0 fully saturated rings. The predicted molar refractivity (Wildman–Crippen MR) is 122 cm³/mol. The van der Waals surface area contributed by atoms with Gasteiger partial charge in [0.1, 0.15) is 5.75 Å². The van der Waals surface area contributed by atoms with E-state index in [4.69, 9.17) is 14.4 Å². The minimum absolute atomic E-state index is 0.139. The van der Waals surface area contributed by atoms with Crippen molar-refractivity contribution in [2.75, 3.05) is 12.0 Å². The summed E-state index contributed by atoms with van der Waals surface area (Å²) in [6.07, 6.45) is 0. The number of nitrogens with zero attached hydrogens (tertiary/aromatic N) is 4. The zero-order valence-corrected chi connectivity index (χ0v) is 19.1. The molecular weight excluding hydrogens is 470 g/mol. The molecule has 0 unspecified atom stereocenters. The molecule has 3 rings (SSSR count). The number of aromatic nitrogens is 1. The third-order valence-corrected chi connectivity index (χ3v) is 5.97. The van der Waals surface area contributed by atoms with Crippen LogP contribution < -0.4 is 10.2 Å². The van der Waals surface area contributed by atoms with Crippen molar-refractivity contribution < 1.29 is 27.6 Å². The molecule has 0 atom stereocenters. The second kappa shape index (κ2) is 10.3. The second-order valence-corrected chi connectivity index (χ2v) is 9.20. The van der Waals surface area contributed by atoms with Crippen molar-refractivity contribution in [3.05, 3.63) is 64.7 Å². The van der Waals surface area contributed by atoms with Crippen LogP contribution in [0.25, 0.3) is 0 Å². The number of amidine groups is 1. The fraction of sp³-hybridized carbons (Fsp3) is 0.150. The lowest BCUT2D eigenvalue weighted by atomic mass is 10.2. The average Bonchev–Trinajstić information content (AvgIpc) is 3.09. The predicted octanol–water partition coefficient (Wildman–Crippen LogP) is 4.03. The molecule has 3 aromatic rings. The van der Waals surface area contributed by atoms with Gasteiger partial charge < -0.3 is 9.84 Å². The van der Waals surface area contributed by atoms with Crippen LogP contribution in [0, 0.1) is 13.8 Å². The molecular formula is C20H19N5O6S2. The first-order chi connectivity index (χ1) is 15.6. The molecule has 0 amide bonds. The summed E-state index contributed by atoms with van der Waals surface area (Å²) < 4.78 is 36.7. The number of carboxylic acid groups (broad SMARTS) is 1. The molecule has 0 saturated heterocycles. The van der Waals surface area contributed by atoms with E-state index in [0.29, 0.717) is 22.1 Å². The maximum Gasteiger partial charge on any atom is 0.341 e. The van der Waals surface area contributed by atoms with Crippen molar-refractivity contribution in [2.24, 2.45) is 15.3 Å². The number of benzene rings is 2. The van der Waals surface area contributed by atoms with Crippen LogP contribution in [0.2, 0.25) is 0 Å². The summed E-state index contributed by atoms with van der Waals surface area (Å²) in [5.74, 6) is -0.671. The quantitative estimate of drug-likeness (QED) is 0.140. The molecule has 0 aliphatic rings. The Hall–Kier alpha value is -3.68. The number of ether oxygens (including phenoxy) is 1. The molecule has 0 saturated carbocycles. The van der Waals surface area contributed by atoms with Crippen molar-refractivity contribution in [3.63, 3.8) is 0 Å². The lowest BCUT2D eigenvalue weighted by molar-refractivity contribution is -0.139. The van der Waals surface area contributed by atoms with Crippen LogP contribution in [0.15, 0.2) is 68.8 Å². The van der Waals surface area contributed by atoms with Gasteiger partial charge in [0.15, 0.2) is 6.61 Å². The van der Waals surface area contributed by atoms with E-state index in [-0.39, 0.29) is 10.7 Å². The zero-order chi connectivity index (χ0) is 24.0. The van der Waals surface area contributed by atoms with Crippen LogP contribution in [0.4, 0.5) is 10.8 Å². The Labute approximate surface area is 193 Å². The third-order valence-electron chi connectivity index (χ3n) is 4.15. The van der Waals surface area contributed by atoms with E-state index < -0.39 is 22.7 Å². The number of aliphatic carboxylic acids is 1. The van der Waals surface area contributed by atoms with Gasteiger partial charge in [-0.05, 0) is 50.2 Å². The maximum absolute atomic E-state index is 11.2. The standard InChI is InChI=1S/C20H19N5O6S2/c1-12-13(2)32-20(21-12)25-24-19(14-4-3-5-16(10-14)31-11-18(26)27)23-22-15-6-8-17(9-7-15)33(28,29)30/h3-10,22H,11H2,1-2H3,(H,26,27)(H,28,29,30)/b23-19-,25-24?. The van der Waals surface area contributed by atoms with Gasteiger partial charge in [0.2, 0.25) is 11.0 Å². The summed E-state index contributed by atoms with van der Waals surface area (Å²) >= 11 is 1.37. The number of anilines is 1. The molecule has 1 heterocycles. The first kappa shape index (κ1) is 24.0. The molecule has 1 aromatic heterocycles. The number of hydrogen-bond acceptors (Lipinski definition) is 9. The van der Waals surface area contributed by atoms with Gasteiger partial charge in [-0.1, -0.05) is 23.5 Å². The smallest absolute Gasteiger partial charge is 0.341 e. The fourth-order valence-corrected chi connectivity index (χ4v) is 3.63. The van der Waals surface area contributed by atoms with Crippen molar-refractivity contribution >= 4 is 44.1 Å². The summed E-state index contributed by atoms with van der Waals surface area (Å²) in [4.78, 5) is 15.8. The number of carbonyl (C=O) groups is 1. The highest BCUT2D eigenvalue weighted by Gasteiger charge is 2.10. The van der Waals surface area contributed by atoms with Gasteiger partial charge in [-0.2, -0.15) is 13.5 Å². The number of carboxylic acids is 1. The highest BCUT2D eigenvalue weighted by Crippen LogP contribution is 2.25. The summed E-state index contributed by atoms with van der Waals surface area (Å²) in [6, 6.07) is 11.8. The lowest BCUT2D eigenvalue weighted by Crippen LogP contribution is -2.10. The SMILES string of the molecule is Cc1nc(N=N/C(=N\Nc2ccc(S(=O)(=O)O)cc2)c2cccc(OCC(=O)O)c2)sc1C. The zero-order valence-electron chi connectivity index (χ0n) is 17.5. The van der Waals surface area contributed by atoms with Crippen LogP contribution in [-0.2, 0) is 14.9 Å². The fourth-order valence-electron chi connectivity index (χ4n) is 2.42. The number of hydrazone groups is 1. The number of nitrogens with one attached hydrogen (secondary N) is 1. The summed E-state index contributed by atoms with van der Waals surface area (Å²) in [5.41, 5.74) is 4.50. The van der Waals surface area contributed by atoms with E-state index in [1.54, 1.807) is 24.3 Å². The Morgan fingerprint density at radius 1 is 1.18 bits per heavy atom. The molecule has 13 heteroatoms. The van der Waals surface area contributed by atoms with Gasteiger partial charge in [0.05, 0.1) is 16.3 Å². The summed E-state index contributed by atoms with van der Waals surface area (Å²) in [5, 5.41) is 21.8.